The third kappa shape index (κ3) is 8.46. The van der Waals surface area contributed by atoms with E-state index in [2.05, 4.69) is 62.2 Å². The van der Waals surface area contributed by atoms with Gasteiger partial charge in [-0.1, -0.05) is 83.9 Å². The second-order valence-corrected chi connectivity index (χ2v) is 8.08. The molecule has 2 aromatic rings. The van der Waals surface area contributed by atoms with E-state index in [-0.39, 0.29) is 0 Å². The molecule has 1 unspecified atom stereocenters. The minimum atomic E-state index is 0.814. The van der Waals surface area contributed by atoms with E-state index in [1.54, 1.807) is 0 Å². The molecule has 1 atom stereocenters. The number of ether oxygens (including phenoxy) is 1. The summed E-state index contributed by atoms with van der Waals surface area (Å²) in [6, 6.07) is 12.8. The van der Waals surface area contributed by atoms with Crippen LogP contribution in [0.25, 0.3) is 11.1 Å². The first kappa shape index (κ1) is 22.5. The van der Waals surface area contributed by atoms with Crippen molar-refractivity contribution in [1.29, 1.82) is 0 Å². The van der Waals surface area contributed by atoms with Crippen molar-refractivity contribution in [2.45, 2.75) is 85.0 Å². The lowest BCUT2D eigenvalue weighted by Gasteiger charge is -2.09. The quantitative estimate of drug-likeness (QED) is 0.311. The molecule has 28 heavy (non-hydrogen) atoms. The monoisotopic (exact) mass is 381 g/mol. The number of benzene rings is 1. The second-order valence-electron chi connectivity index (χ2n) is 8.08. The SMILES string of the molecule is CCCCCCc1ccc(-c2ccc(OCCCCCC(C)CC)cc2)cn1. The number of pyridine rings is 1. The van der Waals surface area contributed by atoms with Crippen LogP contribution in [0.1, 0.15) is 84.3 Å². The number of aromatic nitrogens is 1. The molecule has 1 heterocycles. The van der Waals surface area contributed by atoms with Gasteiger partial charge in [0.2, 0.25) is 0 Å². The molecule has 0 radical (unpaired) electrons. The first-order valence-electron chi connectivity index (χ1n) is 11.4. The van der Waals surface area contributed by atoms with Gasteiger partial charge in [-0.2, -0.15) is 0 Å². The molecular weight excluding hydrogens is 342 g/mol. The van der Waals surface area contributed by atoms with Crippen LogP contribution >= 0.6 is 0 Å². The fraction of sp³-hybridized carbons (Fsp3) is 0.577. The van der Waals surface area contributed by atoms with Gasteiger partial charge in [0.15, 0.2) is 0 Å². The minimum Gasteiger partial charge on any atom is -0.494 e. The third-order valence-electron chi connectivity index (χ3n) is 5.61. The Bertz CT molecular complexity index is 632. The van der Waals surface area contributed by atoms with Crippen LogP contribution in [0.2, 0.25) is 0 Å². The highest BCUT2D eigenvalue weighted by Crippen LogP contribution is 2.22. The van der Waals surface area contributed by atoms with Gasteiger partial charge in [0.1, 0.15) is 5.75 Å². The fourth-order valence-corrected chi connectivity index (χ4v) is 3.39. The molecule has 1 aromatic heterocycles. The maximum Gasteiger partial charge on any atom is 0.119 e. The van der Waals surface area contributed by atoms with E-state index in [0.29, 0.717) is 0 Å². The van der Waals surface area contributed by atoms with Crippen LogP contribution in [-0.4, -0.2) is 11.6 Å². The lowest BCUT2D eigenvalue weighted by molar-refractivity contribution is 0.302. The predicted molar refractivity (Wildman–Crippen MR) is 121 cm³/mol. The Kier molecular flexibility index (Phi) is 10.7. The molecule has 0 aliphatic heterocycles. The Balaban J connectivity index is 1.71. The Morgan fingerprint density at radius 1 is 0.821 bits per heavy atom. The number of unbranched alkanes of at least 4 members (excludes halogenated alkanes) is 5. The third-order valence-corrected chi connectivity index (χ3v) is 5.61. The largest absolute Gasteiger partial charge is 0.494 e. The van der Waals surface area contributed by atoms with Gasteiger partial charge in [-0.25, -0.2) is 0 Å². The molecule has 1 aromatic carbocycles. The van der Waals surface area contributed by atoms with Gasteiger partial charge in [-0.3, -0.25) is 4.98 Å². The molecule has 2 rings (SSSR count). The average molecular weight is 382 g/mol. The van der Waals surface area contributed by atoms with Crippen LogP contribution in [-0.2, 0) is 6.42 Å². The first-order chi connectivity index (χ1) is 13.7. The summed E-state index contributed by atoms with van der Waals surface area (Å²) in [6.45, 7) is 7.68. The summed E-state index contributed by atoms with van der Waals surface area (Å²) in [5.74, 6) is 1.82. The topological polar surface area (TPSA) is 22.1 Å². The summed E-state index contributed by atoms with van der Waals surface area (Å²) in [4.78, 5) is 4.64. The molecule has 0 aliphatic rings. The van der Waals surface area contributed by atoms with Crippen LogP contribution in [0, 0.1) is 5.92 Å². The van der Waals surface area contributed by atoms with Crippen molar-refractivity contribution < 1.29 is 4.74 Å². The molecule has 2 heteroatoms. The van der Waals surface area contributed by atoms with Gasteiger partial charge in [0, 0.05) is 17.5 Å². The lowest BCUT2D eigenvalue weighted by Crippen LogP contribution is -1.98. The van der Waals surface area contributed by atoms with Gasteiger partial charge in [-0.05, 0) is 48.9 Å². The van der Waals surface area contributed by atoms with Crippen molar-refractivity contribution in [2.75, 3.05) is 6.61 Å². The van der Waals surface area contributed by atoms with Crippen molar-refractivity contribution in [2.24, 2.45) is 5.92 Å². The zero-order chi connectivity index (χ0) is 20.0. The summed E-state index contributed by atoms with van der Waals surface area (Å²) in [5.41, 5.74) is 3.58. The van der Waals surface area contributed by atoms with E-state index in [4.69, 9.17) is 4.74 Å². The Hall–Kier alpha value is -1.83. The number of rotatable bonds is 14. The summed E-state index contributed by atoms with van der Waals surface area (Å²) in [5, 5.41) is 0. The van der Waals surface area contributed by atoms with Crippen LogP contribution in [0.4, 0.5) is 0 Å². The normalized spacial score (nSPS) is 12.1. The van der Waals surface area contributed by atoms with Gasteiger partial charge < -0.3 is 4.74 Å². The number of hydrogen-bond donors (Lipinski definition) is 0. The molecule has 0 aliphatic carbocycles. The van der Waals surface area contributed by atoms with E-state index < -0.39 is 0 Å². The van der Waals surface area contributed by atoms with E-state index >= 15 is 0 Å². The fourth-order valence-electron chi connectivity index (χ4n) is 3.39. The molecule has 2 nitrogen and oxygen atoms in total. The molecule has 154 valence electrons. The van der Waals surface area contributed by atoms with E-state index in [9.17, 15) is 0 Å². The van der Waals surface area contributed by atoms with Crippen molar-refractivity contribution >= 4 is 0 Å². The highest BCUT2D eigenvalue weighted by atomic mass is 16.5. The standard InChI is InChI=1S/C26H39NO/c1-4-6-7-10-13-25-17-14-24(21-27-25)23-15-18-26(19-16-23)28-20-11-8-9-12-22(3)5-2/h14-19,21-22H,4-13,20H2,1-3H3. The molecule has 0 saturated heterocycles. The molecule has 0 amide bonds. The highest BCUT2D eigenvalue weighted by molar-refractivity contribution is 5.63. The molecular formula is C26H39NO. The number of nitrogens with zero attached hydrogens (tertiary/aromatic N) is 1. The van der Waals surface area contributed by atoms with Gasteiger partial charge in [0.05, 0.1) is 6.61 Å². The Labute approximate surface area is 172 Å². The lowest BCUT2D eigenvalue weighted by atomic mass is 10.0. The molecule has 0 bridgehead atoms. The van der Waals surface area contributed by atoms with Crippen LogP contribution < -0.4 is 4.74 Å². The van der Waals surface area contributed by atoms with E-state index in [1.165, 1.54) is 68.2 Å². The van der Waals surface area contributed by atoms with Crippen molar-refractivity contribution in [3.8, 4) is 16.9 Å². The number of aryl methyl sites for hydroxylation is 1. The van der Waals surface area contributed by atoms with Gasteiger partial charge >= 0.3 is 0 Å². The summed E-state index contributed by atoms with van der Waals surface area (Å²) in [6.07, 6.45) is 14.6. The maximum absolute atomic E-state index is 5.90. The van der Waals surface area contributed by atoms with Crippen molar-refractivity contribution in [3.63, 3.8) is 0 Å². The second kappa shape index (κ2) is 13.4. The van der Waals surface area contributed by atoms with Gasteiger partial charge in [0.25, 0.3) is 0 Å². The average Bonchev–Trinajstić information content (AvgIpc) is 2.74. The Morgan fingerprint density at radius 2 is 1.57 bits per heavy atom. The maximum atomic E-state index is 5.90. The molecule has 0 spiro atoms. The van der Waals surface area contributed by atoms with E-state index in [1.807, 2.05) is 6.20 Å². The Morgan fingerprint density at radius 3 is 2.25 bits per heavy atom. The predicted octanol–water partition coefficient (Wildman–Crippen LogP) is 7.86. The van der Waals surface area contributed by atoms with Crippen LogP contribution in [0.15, 0.2) is 42.6 Å². The number of hydrogen-bond acceptors (Lipinski definition) is 2. The molecule has 0 saturated carbocycles. The molecule has 0 fully saturated rings. The van der Waals surface area contributed by atoms with Crippen molar-refractivity contribution in [1.82, 2.24) is 4.98 Å². The zero-order valence-corrected chi connectivity index (χ0v) is 18.3. The van der Waals surface area contributed by atoms with Crippen LogP contribution in [0.5, 0.6) is 5.75 Å². The van der Waals surface area contributed by atoms with Crippen LogP contribution in [0.3, 0.4) is 0 Å². The smallest absolute Gasteiger partial charge is 0.119 e. The summed E-state index contributed by atoms with van der Waals surface area (Å²) in [7, 11) is 0. The highest BCUT2D eigenvalue weighted by Gasteiger charge is 2.02. The van der Waals surface area contributed by atoms with Gasteiger partial charge in [-0.15, -0.1) is 0 Å². The minimum absolute atomic E-state index is 0.814. The zero-order valence-electron chi connectivity index (χ0n) is 18.3. The van der Waals surface area contributed by atoms with E-state index in [0.717, 1.165) is 31.1 Å². The summed E-state index contributed by atoms with van der Waals surface area (Å²) >= 11 is 0. The summed E-state index contributed by atoms with van der Waals surface area (Å²) < 4.78 is 5.90. The van der Waals surface area contributed by atoms with Crippen molar-refractivity contribution in [3.05, 3.63) is 48.3 Å². The first-order valence-corrected chi connectivity index (χ1v) is 11.4. The molecule has 0 N–H and O–H groups in total.